The number of aromatic nitrogens is 1. The molecule has 1 heterocycles. The number of hydrogen-bond acceptors (Lipinski definition) is 2. The Bertz CT molecular complexity index is 369. The summed E-state index contributed by atoms with van der Waals surface area (Å²) in [5.41, 5.74) is 8.76. The second kappa shape index (κ2) is 6.02. The lowest BCUT2D eigenvalue weighted by atomic mass is 10.3. The molecule has 0 bridgehead atoms. The lowest BCUT2D eigenvalue weighted by Crippen LogP contribution is -1.80. The molecule has 0 aliphatic heterocycles. The average molecular weight is 209 g/mol. The molecule has 0 saturated heterocycles. The van der Waals surface area contributed by atoms with Gasteiger partial charge >= 0.3 is 0 Å². The Morgan fingerprint density at radius 1 is 1.64 bits per heavy atom. The van der Waals surface area contributed by atoms with Crippen LogP contribution in [0.5, 0.6) is 0 Å². The van der Waals surface area contributed by atoms with E-state index in [4.69, 9.17) is 17.1 Å². The zero-order valence-corrected chi connectivity index (χ0v) is 8.22. The van der Waals surface area contributed by atoms with Crippen molar-refractivity contribution in [1.29, 1.82) is 0 Å². The molecule has 0 N–H and O–H groups in total. The van der Waals surface area contributed by atoms with Gasteiger partial charge in [-0.25, -0.2) is 0 Å². The summed E-state index contributed by atoms with van der Waals surface area (Å²) in [6.07, 6.45) is 6.06. The first-order valence-electron chi connectivity index (χ1n) is 4.12. The molecule has 0 aliphatic carbocycles. The van der Waals surface area contributed by atoms with E-state index in [1.165, 1.54) is 0 Å². The molecule has 0 unspecified atom stereocenters. The fourth-order valence-corrected chi connectivity index (χ4v) is 1.08. The molecule has 1 aromatic rings. The molecular weight excluding hydrogens is 200 g/mol. The Labute approximate surface area is 86.9 Å². The molecule has 4 nitrogen and oxygen atoms in total. The minimum atomic E-state index is 0.456. The van der Waals surface area contributed by atoms with Gasteiger partial charge in [0.15, 0.2) is 0 Å². The maximum atomic E-state index is 8.03. The van der Waals surface area contributed by atoms with E-state index >= 15 is 0 Å². The number of rotatable bonds is 4. The third-order valence-electron chi connectivity index (χ3n) is 1.52. The Kier molecular flexibility index (Phi) is 4.55. The van der Waals surface area contributed by atoms with Gasteiger partial charge in [-0.1, -0.05) is 22.8 Å². The minimum Gasteiger partial charge on any atom is -0.255 e. The lowest BCUT2D eigenvalue weighted by Gasteiger charge is -1.94. The topological polar surface area (TPSA) is 61.7 Å². The molecular formula is C9H9ClN4. The first kappa shape index (κ1) is 10.6. The highest BCUT2D eigenvalue weighted by molar-refractivity contribution is 6.31. The normalized spacial score (nSPS) is 10.1. The van der Waals surface area contributed by atoms with Crippen molar-refractivity contribution in [3.05, 3.63) is 45.6 Å². The predicted molar refractivity (Wildman–Crippen MR) is 56.9 cm³/mol. The number of azide groups is 1. The maximum absolute atomic E-state index is 8.03. The van der Waals surface area contributed by atoms with Crippen LogP contribution in [0.2, 0.25) is 5.02 Å². The highest BCUT2D eigenvalue weighted by Crippen LogP contribution is 2.13. The molecule has 0 fully saturated rings. The van der Waals surface area contributed by atoms with E-state index in [9.17, 15) is 0 Å². The van der Waals surface area contributed by atoms with Gasteiger partial charge in [0.2, 0.25) is 0 Å². The van der Waals surface area contributed by atoms with Gasteiger partial charge in [0.1, 0.15) is 0 Å². The number of halogens is 1. The van der Waals surface area contributed by atoms with E-state index in [-0.39, 0.29) is 0 Å². The van der Waals surface area contributed by atoms with Crippen LogP contribution in [0.15, 0.2) is 29.5 Å². The predicted octanol–water partition coefficient (Wildman–Crippen LogP) is 3.45. The van der Waals surface area contributed by atoms with Crippen LogP contribution in [0, 0.1) is 0 Å². The standard InChI is InChI=1S/C9H9ClN4/c10-8-4-3-6-12-9(8)5-1-2-7-13-14-11/h1,3-6H,2,7H2. The van der Waals surface area contributed by atoms with Crippen LogP contribution in [-0.2, 0) is 0 Å². The molecule has 1 aromatic heterocycles. The zero-order valence-electron chi connectivity index (χ0n) is 7.47. The summed E-state index contributed by atoms with van der Waals surface area (Å²) < 4.78 is 0. The Balaban J connectivity index is 2.51. The zero-order chi connectivity index (χ0) is 10.2. The molecule has 0 aromatic carbocycles. The monoisotopic (exact) mass is 208 g/mol. The van der Waals surface area contributed by atoms with Crippen LogP contribution in [0.25, 0.3) is 16.5 Å². The molecule has 0 radical (unpaired) electrons. The molecule has 0 aliphatic rings. The summed E-state index contributed by atoms with van der Waals surface area (Å²) in [4.78, 5) is 6.72. The summed E-state index contributed by atoms with van der Waals surface area (Å²) in [7, 11) is 0. The van der Waals surface area contributed by atoms with E-state index in [0.29, 0.717) is 18.0 Å². The van der Waals surface area contributed by atoms with Crippen molar-refractivity contribution in [2.45, 2.75) is 6.42 Å². The summed E-state index contributed by atoms with van der Waals surface area (Å²) in [5.74, 6) is 0. The largest absolute Gasteiger partial charge is 0.255 e. The number of nitrogens with zero attached hydrogens (tertiary/aromatic N) is 4. The van der Waals surface area contributed by atoms with E-state index in [1.54, 1.807) is 18.3 Å². The average Bonchev–Trinajstić information content (AvgIpc) is 2.20. The van der Waals surface area contributed by atoms with Crippen LogP contribution in [0.3, 0.4) is 0 Å². The van der Waals surface area contributed by atoms with Crippen LogP contribution >= 0.6 is 11.6 Å². The quantitative estimate of drug-likeness (QED) is 0.324. The van der Waals surface area contributed by atoms with E-state index in [2.05, 4.69) is 15.0 Å². The van der Waals surface area contributed by atoms with Gasteiger partial charge < -0.3 is 0 Å². The number of pyridine rings is 1. The Morgan fingerprint density at radius 2 is 2.50 bits per heavy atom. The molecule has 0 saturated carbocycles. The van der Waals surface area contributed by atoms with Gasteiger partial charge in [0.25, 0.3) is 0 Å². The van der Waals surface area contributed by atoms with Gasteiger partial charge in [0.05, 0.1) is 10.7 Å². The fraction of sp³-hybridized carbons (Fsp3) is 0.222. The van der Waals surface area contributed by atoms with Crippen molar-refractivity contribution in [2.24, 2.45) is 5.11 Å². The Morgan fingerprint density at radius 3 is 3.21 bits per heavy atom. The third-order valence-corrected chi connectivity index (χ3v) is 1.84. The summed E-state index contributed by atoms with van der Waals surface area (Å²) in [5, 5.41) is 4.02. The highest BCUT2D eigenvalue weighted by Gasteiger charge is 1.93. The van der Waals surface area contributed by atoms with Crippen LogP contribution < -0.4 is 0 Å². The van der Waals surface area contributed by atoms with Crippen molar-refractivity contribution in [3.63, 3.8) is 0 Å². The van der Waals surface area contributed by atoms with Gasteiger partial charge in [0, 0.05) is 17.7 Å². The summed E-state index contributed by atoms with van der Waals surface area (Å²) in [6.45, 7) is 0.456. The van der Waals surface area contributed by atoms with Crippen molar-refractivity contribution in [3.8, 4) is 0 Å². The third kappa shape index (κ3) is 3.47. The fourth-order valence-electron chi connectivity index (χ4n) is 0.892. The second-order valence-electron chi connectivity index (χ2n) is 2.52. The summed E-state index contributed by atoms with van der Waals surface area (Å²) in [6, 6.07) is 3.56. The molecule has 0 spiro atoms. The van der Waals surface area contributed by atoms with E-state index < -0.39 is 0 Å². The van der Waals surface area contributed by atoms with E-state index in [0.717, 1.165) is 5.69 Å². The minimum absolute atomic E-state index is 0.456. The van der Waals surface area contributed by atoms with Gasteiger partial charge in [-0.3, -0.25) is 4.98 Å². The molecule has 5 heteroatoms. The van der Waals surface area contributed by atoms with Gasteiger partial charge in [-0.05, 0) is 30.2 Å². The first-order valence-corrected chi connectivity index (χ1v) is 4.50. The van der Waals surface area contributed by atoms with Crippen molar-refractivity contribution in [1.82, 2.24) is 4.98 Å². The SMILES string of the molecule is [N-]=[N+]=NCCC=Cc1ncccc1Cl. The molecule has 0 atom stereocenters. The highest BCUT2D eigenvalue weighted by atomic mass is 35.5. The number of hydrogen-bond donors (Lipinski definition) is 0. The van der Waals surface area contributed by atoms with E-state index in [1.807, 2.05) is 12.2 Å². The van der Waals surface area contributed by atoms with Gasteiger partial charge in [-0.15, -0.1) is 0 Å². The van der Waals surface area contributed by atoms with Crippen LogP contribution in [-0.4, -0.2) is 11.5 Å². The van der Waals surface area contributed by atoms with Crippen LogP contribution in [0.1, 0.15) is 12.1 Å². The maximum Gasteiger partial charge on any atom is 0.0812 e. The second-order valence-corrected chi connectivity index (χ2v) is 2.92. The molecule has 14 heavy (non-hydrogen) atoms. The Hall–Kier alpha value is -1.51. The summed E-state index contributed by atoms with van der Waals surface area (Å²) >= 11 is 5.87. The first-order chi connectivity index (χ1) is 6.84. The molecule has 0 amide bonds. The molecule has 72 valence electrons. The van der Waals surface area contributed by atoms with Crippen molar-refractivity contribution >= 4 is 17.7 Å². The van der Waals surface area contributed by atoms with Crippen LogP contribution in [0.4, 0.5) is 0 Å². The van der Waals surface area contributed by atoms with Crippen molar-refractivity contribution < 1.29 is 0 Å². The molecule has 1 rings (SSSR count). The lowest BCUT2D eigenvalue weighted by molar-refractivity contribution is 0.995. The van der Waals surface area contributed by atoms with Crippen molar-refractivity contribution in [2.75, 3.05) is 6.54 Å². The smallest absolute Gasteiger partial charge is 0.0812 e. The van der Waals surface area contributed by atoms with Gasteiger partial charge in [-0.2, -0.15) is 0 Å².